The summed E-state index contributed by atoms with van der Waals surface area (Å²) in [6, 6.07) is 10.2. The predicted octanol–water partition coefficient (Wildman–Crippen LogP) is 1.68. The first-order valence-electron chi connectivity index (χ1n) is 9.04. The summed E-state index contributed by atoms with van der Waals surface area (Å²) in [5.41, 5.74) is 1.00. The molecule has 1 aromatic heterocycles. The lowest BCUT2D eigenvalue weighted by Crippen LogP contribution is -2.41. The molecule has 0 spiro atoms. The van der Waals surface area contributed by atoms with E-state index in [9.17, 15) is 0 Å². The van der Waals surface area contributed by atoms with Crippen LogP contribution in [0, 0.1) is 5.92 Å². The molecular weight excluding hydrogens is 318 g/mol. The number of benzene rings is 1. The van der Waals surface area contributed by atoms with E-state index in [0.717, 1.165) is 24.4 Å². The Morgan fingerprint density at radius 1 is 1.16 bits per heavy atom. The van der Waals surface area contributed by atoms with Gasteiger partial charge in [0, 0.05) is 5.56 Å². The van der Waals surface area contributed by atoms with Crippen molar-refractivity contribution < 1.29 is 9.47 Å². The Bertz CT molecular complexity index is 690. The van der Waals surface area contributed by atoms with Gasteiger partial charge in [0.15, 0.2) is 5.82 Å². The molecule has 2 saturated heterocycles. The van der Waals surface area contributed by atoms with Crippen molar-refractivity contribution in [1.82, 2.24) is 25.5 Å². The van der Waals surface area contributed by atoms with E-state index in [1.165, 1.54) is 0 Å². The van der Waals surface area contributed by atoms with Gasteiger partial charge < -0.3 is 14.8 Å². The summed E-state index contributed by atoms with van der Waals surface area (Å²) in [7, 11) is 0. The van der Waals surface area contributed by atoms with Crippen molar-refractivity contribution in [2.45, 2.75) is 44.6 Å². The van der Waals surface area contributed by atoms with Gasteiger partial charge in [-0.1, -0.05) is 44.2 Å². The summed E-state index contributed by atoms with van der Waals surface area (Å²) >= 11 is 0. The van der Waals surface area contributed by atoms with Crippen LogP contribution in [-0.4, -0.2) is 58.2 Å². The predicted molar refractivity (Wildman–Crippen MR) is 93.0 cm³/mol. The van der Waals surface area contributed by atoms with Crippen LogP contribution < -0.4 is 5.32 Å². The molecule has 2 fully saturated rings. The SMILES string of the molecule is CC(C)CCNC1COC2C1OCC2n1nnnc1-c1ccccc1. The molecule has 0 aliphatic carbocycles. The molecule has 0 bridgehead atoms. The second-order valence-corrected chi connectivity index (χ2v) is 7.22. The Morgan fingerprint density at radius 3 is 2.76 bits per heavy atom. The zero-order chi connectivity index (χ0) is 17.2. The number of rotatable bonds is 6. The quantitative estimate of drug-likeness (QED) is 0.860. The number of hydrogen-bond donors (Lipinski definition) is 1. The normalized spacial score (nSPS) is 28.6. The van der Waals surface area contributed by atoms with Crippen LogP contribution in [0.4, 0.5) is 0 Å². The summed E-state index contributed by atoms with van der Waals surface area (Å²) in [6.45, 7) is 6.71. The fourth-order valence-electron chi connectivity index (χ4n) is 3.62. The van der Waals surface area contributed by atoms with Gasteiger partial charge in [-0.2, -0.15) is 0 Å². The van der Waals surface area contributed by atoms with Crippen LogP contribution in [0.1, 0.15) is 26.3 Å². The van der Waals surface area contributed by atoms with Crippen molar-refractivity contribution in [3.05, 3.63) is 30.3 Å². The second-order valence-electron chi connectivity index (χ2n) is 7.22. The maximum Gasteiger partial charge on any atom is 0.182 e. The minimum atomic E-state index is -0.0116. The van der Waals surface area contributed by atoms with Crippen molar-refractivity contribution in [3.63, 3.8) is 0 Å². The van der Waals surface area contributed by atoms with Gasteiger partial charge in [-0.15, -0.1) is 5.10 Å². The van der Waals surface area contributed by atoms with Gasteiger partial charge in [-0.3, -0.25) is 0 Å². The molecule has 4 unspecified atom stereocenters. The van der Waals surface area contributed by atoms with E-state index >= 15 is 0 Å². The summed E-state index contributed by atoms with van der Waals surface area (Å²) in [4.78, 5) is 0. The lowest BCUT2D eigenvalue weighted by atomic mass is 10.1. The van der Waals surface area contributed by atoms with E-state index in [4.69, 9.17) is 9.47 Å². The van der Waals surface area contributed by atoms with E-state index in [-0.39, 0.29) is 24.3 Å². The van der Waals surface area contributed by atoms with Gasteiger partial charge in [0.05, 0.1) is 19.3 Å². The van der Waals surface area contributed by atoms with Crippen LogP contribution in [0.25, 0.3) is 11.4 Å². The van der Waals surface area contributed by atoms with Crippen LogP contribution in [0.3, 0.4) is 0 Å². The number of hydrogen-bond acceptors (Lipinski definition) is 6. The number of fused-ring (bicyclic) bond motifs is 1. The molecule has 0 amide bonds. The zero-order valence-corrected chi connectivity index (χ0v) is 14.7. The summed E-state index contributed by atoms with van der Waals surface area (Å²) in [6.07, 6.45) is 1.20. The first-order chi connectivity index (χ1) is 12.2. The van der Waals surface area contributed by atoms with Gasteiger partial charge in [-0.05, 0) is 29.3 Å². The Balaban J connectivity index is 1.47. The maximum absolute atomic E-state index is 6.07. The molecule has 0 saturated carbocycles. The third-order valence-corrected chi connectivity index (χ3v) is 4.99. The van der Waals surface area contributed by atoms with Crippen LogP contribution >= 0.6 is 0 Å². The van der Waals surface area contributed by atoms with Crippen molar-refractivity contribution >= 4 is 0 Å². The van der Waals surface area contributed by atoms with E-state index in [0.29, 0.717) is 19.1 Å². The molecule has 1 N–H and O–H groups in total. The highest BCUT2D eigenvalue weighted by atomic mass is 16.6. The van der Waals surface area contributed by atoms with E-state index in [1.807, 2.05) is 35.0 Å². The van der Waals surface area contributed by atoms with Crippen LogP contribution in [0.5, 0.6) is 0 Å². The third-order valence-electron chi connectivity index (χ3n) is 4.99. The molecular formula is C18H25N5O2. The third kappa shape index (κ3) is 3.31. The Kier molecular flexibility index (Phi) is 4.78. The average Bonchev–Trinajstić information content (AvgIpc) is 3.31. The van der Waals surface area contributed by atoms with Crippen molar-refractivity contribution in [2.75, 3.05) is 19.8 Å². The smallest absolute Gasteiger partial charge is 0.182 e. The first-order valence-corrected chi connectivity index (χ1v) is 9.04. The standard InChI is InChI=1S/C18H25N5O2/c1-12(2)8-9-19-14-10-24-17-15(11-25-16(14)17)23-18(20-21-22-23)13-6-4-3-5-7-13/h3-7,12,14-17,19H,8-11H2,1-2H3. The number of ether oxygens (including phenoxy) is 2. The summed E-state index contributed by atoms with van der Waals surface area (Å²) in [5, 5.41) is 15.9. The minimum Gasteiger partial charge on any atom is -0.371 e. The van der Waals surface area contributed by atoms with Crippen molar-refractivity contribution in [1.29, 1.82) is 0 Å². The van der Waals surface area contributed by atoms with Gasteiger partial charge in [0.25, 0.3) is 0 Å². The molecule has 7 nitrogen and oxygen atoms in total. The number of tetrazole rings is 1. The molecule has 1 aromatic carbocycles. The molecule has 2 aromatic rings. The van der Waals surface area contributed by atoms with E-state index < -0.39 is 0 Å². The van der Waals surface area contributed by atoms with Crippen LogP contribution in [0.2, 0.25) is 0 Å². The van der Waals surface area contributed by atoms with Crippen molar-refractivity contribution in [3.8, 4) is 11.4 Å². The topological polar surface area (TPSA) is 74.1 Å². The number of aromatic nitrogens is 4. The van der Waals surface area contributed by atoms with Gasteiger partial charge in [0.1, 0.15) is 18.2 Å². The summed E-state index contributed by atoms with van der Waals surface area (Å²) in [5.74, 6) is 1.45. The number of nitrogens with zero attached hydrogens (tertiary/aromatic N) is 4. The highest BCUT2D eigenvalue weighted by Crippen LogP contribution is 2.35. The molecule has 2 aliphatic rings. The Labute approximate surface area is 147 Å². The van der Waals surface area contributed by atoms with Crippen LogP contribution in [-0.2, 0) is 9.47 Å². The average molecular weight is 343 g/mol. The Morgan fingerprint density at radius 2 is 1.96 bits per heavy atom. The fraction of sp³-hybridized carbons (Fsp3) is 0.611. The van der Waals surface area contributed by atoms with Gasteiger partial charge in [0.2, 0.25) is 0 Å². The Hall–Kier alpha value is -1.83. The van der Waals surface area contributed by atoms with E-state index in [2.05, 4.69) is 34.7 Å². The first kappa shape index (κ1) is 16.6. The molecule has 3 heterocycles. The second kappa shape index (κ2) is 7.19. The molecule has 134 valence electrons. The van der Waals surface area contributed by atoms with Gasteiger partial charge >= 0.3 is 0 Å². The number of nitrogens with one attached hydrogen (secondary N) is 1. The molecule has 2 aliphatic heterocycles. The fourth-order valence-corrected chi connectivity index (χ4v) is 3.62. The molecule has 4 atom stereocenters. The molecule has 7 heteroatoms. The van der Waals surface area contributed by atoms with Crippen molar-refractivity contribution in [2.24, 2.45) is 5.92 Å². The highest BCUT2D eigenvalue weighted by molar-refractivity contribution is 5.54. The minimum absolute atomic E-state index is 0.00658. The monoisotopic (exact) mass is 343 g/mol. The lowest BCUT2D eigenvalue weighted by Gasteiger charge is -2.18. The summed E-state index contributed by atoms with van der Waals surface area (Å²) < 4.78 is 14.0. The molecule has 4 rings (SSSR count). The molecule has 0 radical (unpaired) electrons. The zero-order valence-electron chi connectivity index (χ0n) is 14.7. The van der Waals surface area contributed by atoms with Gasteiger partial charge in [-0.25, -0.2) is 4.68 Å². The molecule has 25 heavy (non-hydrogen) atoms. The largest absolute Gasteiger partial charge is 0.371 e. The lowest BCUT2D eigenvalue weighted by molar-refractivity contribution is 0.0621. The van der Waals surface area contributed by atoms with E-state index in [1.54, 1.807) is 0 Å². The highest BCUT2D eigenvalue weighted by Gasteiger charge is 2.49. The maximum atomic E-state index is 6.07. The van der Waals surface area contributed by atoms with Crippen LogP contribution in [0.15, 0.2) is 30.3 Å².